The van der Waals surface area contributed by atoms with Crippen LogP contribution in [0.4, 0.5) is 52.7 Å². The molecule has 0 aliphatic rings. The summed E-state index contributed by atoms with van der Waals surface area (Å²) < 4.78 is 266. The lowest BCUT2D eigenvalue weighted by molar-refractivity contribution is -0.171. The third-order valence-corrected chi connectivity index (χ3v) is 24.4. The van der Waals surface area contributed by atoms with Gasteiger partial charge < -0.3 is 42.4 Å². The number of ether oxygens (including phenoxy) is 5. The van der Waals surface area contributed by atoms with Gasteiger partial charge in [-0.05, 0) is 116 Å². The fraction of sp³-hybridized carbons (Fsp3) is 0.222. The molecule has 0 saturated carbocycles. The molecule has 0 aliphatic heterocycles. The number of esters is 2. The minimum absolute atomic E-state index is 0.0146. The molecule has 0 aromatic heterocycles. The standard InChI is InChI=1S/3C18H15S.C10H14F4O6S.C9H12F4O6S.C8H10F4O6S/c3*1-4-10-16(11-5-1)19(17-12-6-2-7-13-17)18-14-8-3-9-15-18;1-3-20-8(15)7(2)6-19-5-4-9(11,12)10(13,14)21(16,17)18;1-6(7(14)18-2)5-19-4-3-8(10,11)9(12,13)20(15,16)17;1-5(6(13)14)4-18-3-2-7(9,10)8(11,12)19(15,16)17/h3*1-15H;2-6H2,1H3,(H,16,17,18);1,3-5H2,2H3,(H,15,16,17);1-4H2,(H,13,14)(H,15,16,17)/q3*+1;;;/p-3. The Morgan fingerprint density at radius 2 is 0.504 bits per heavy atom. The van der Waals surface area contributed by atoms with E-state index >= 15 is 0 Å². The first-order chi connectivity index (χ1) is 54.9. The van der Waals surface area contributed by atoms with E-state index in [9.17, 15) is 106 Å². The zero-order valence-corrected chi connectivity index (χ0v) is 66.9. The summed E-state index contributed by atoms with van der Waals surface area (Å²) in [4.78, 5) is 44.3. The lowest BCUT2D eigenvalue weighted by atomic mass is 10.2. The number of carboxylic acid groups (broad SMARTS) is 1. The van der Waals surface area contributed by atoms with Gasteiger partial charge in [-0.1, -0.05) is 184 Å². The summed E-state index contributed by atoms with van der Waals surface area (Å²) in [5, 5.41) is -8.96. The van der Waals surface area contributed by atoms with Crippen molar-refractivity contribution in [1.82, 2.24) is 0 Å². The summed E-state index contributed by atoms with van der Waals surface area (Å²) in [7, 11) is -18.6. The number of carboxylic acids is 1. The molecule has 36 heteroatoms. The smallest absolute Gasteiger partial charge is 0.396 e. The summed E-state index contributed by atoms with van der Waals surface area (Å²) in [6, 6.07) is 96.5. The van der Waals surface area contributed by atoms with E-state index in [1.54, 1.807) is 0 Å². The van der Waals surface area contributed by atoms with Crippen molar-refractivity contribution in [3.8, 4) is 0 Å². The van der Waals surface area contributed by atoms with Gasteiger partial charge in [0.05, 0.1) is 103 Å². The predicted molar refractivity (Wildman–Crippen MR) is 413 cm³/mol. The number of hydrogen-bond donors (Lipinski definition) is 1. The number of rotatable bonds is 34. The van der Waals surface area contributed by atoms with Gasteiger partial charge in [-0.25, -0.2) is 39.6 Å². The first-order valence-electron chi connectivity index (χ1n) is 34.0. The molecule has 9 rings (SSSR count). The van der Waals surface area contributed by atoms with E-state index in [0.717, 1.165) is 7.11 Å². The van der Waals surface area contributed by atoms with Crippen LogP contribution in [0.25, 0.3) is 0 Å². The Kier molecular flexibility index (Phi) is 40.2. The minimum atomic E-state index is -6.53. The fourth-order valence-electron chi connectivity index (χ4n) is 8.96. The zero-order valence-electron chi connectivity index (χ0n) is 62.0. The van der Waals surface area contributed by atoms with Crippen LogP contribution in [0.15, 0.2) is 354 Å². The highest BCUT2D eigenvalue weighted by Crippen LogP contribution is 2.43. The van der Waals surface area contributed by atoms with E-state index in [4.69, 9.17) is 5.11 Å². The molecule has 0 bridgehead atoms. The first-order valence-corrected chi connectivity index (χ1v) is 41.9. The summed E-state index contributed by atoms with van der Waals surface area (Å²) >= 11 is 0. The Morgan fingerprint density at radius 1 is 0.333 bits per heavy atom. The molecule has 0 atom stereocenters. The number of halogens is 12. The average molecular weight is 1760 g/mol. The van der Waals surface area contributed by atoms with E-state index in [-0.39, 0.29) is 50.4 Å². The Morgan fingerprint density at radius 3 is 0.658 bits per heavy atom. The number of carbonyl (C=O) groups is 3. The number of hydrogen-bond acceptors (Lipinski definition) is 17. The fourth-order valence-corrected chi connectivity index (χ4v) is 16.7. The first kappa shape index (κ1) is 99.8. The van der Waals surface area contributed by atoms with Gasteiger partial charge >= 0.3 is 51.4 Å². The van der Waals surface area contributed by atoms with E-state index in [0.29, 0.717) is 0 Å². The highest BCUT2D eigenvalue weighted by molar-refractivity contribution is 7.97. The van der Waals surface area contributed by atoms with Gasteiger partial charge in [0.1, 0.15) is 0 Å². The third-order valence-electron chi connectivity index (χ3n) is 14.9. The molecule has 0 amide bonds. The molecule has 0 fully saturated rings. The molecule has 0 unspecified atom stereocenters. The van der Waals surface area contributed by atoms with E-state index in [1.165, 1.54) is 51.0 Å². The highest BCUT2D eigenvalue weighted by atomic mass is 32.2. The van der Waals surface area contributed by atoms with Crippen molar-refractivity contribution >= 4 is 80.9 Å². The molecule has 0 radical (unpaired) electrons. The van der Waals surface area contributed by atoms with Gasteiger partial charge in [-0.3, -0.25) is 0 Å². The summed E-state index contributed by atoms with van der Waals surface area (Å²) in [6.07, 6.45) is -5.22. The molecular weight excluding hydrogens is 1680 g/mol. The van der Waals surface area contributed by atoms with Gasteiger partial charge in [0.25, 0.3) is 0 Å². The normalized spacial score (nSPS) is 11.9. The lowest BCUT2D eigenvalue weighted by Crippen LogP contribution is -2.47. The number of alkyl halides is 12. The van der Waals surface area contributed by atoms with Gasteiger partial charge in [0, 0.05) is 19.3 Å². The maximum atomic E-state index is 13.0. The summed E-state index contributed by atoms with van der Waals surface area (Å²) in [5.74, 6) is -18.5. The molecule has 630 valence electrons. The molecule has 1 N–H and O–H groups in total. The van der Waals surface area contributed by atoms with E-state index in [2.05, 4.69) is 316 Å². The van der Waals surface area contributed by atoms with Crippen LogP contribution in [0.2, 0.25) is 0 Å². The second-order valence-electron chi connectivity index (χ2n) is 23.5. The average Bonchev–Trinajstić information content (AvgIpc) is 0.784. The number of benzene rings is 9. The van der Waals surface area contributed by atoms with Crippen LogP contribution in [-0.4, -0.2) is 149 Å². The van der Waals surface area contributed by atoms with Crippen LogP contribution < -0.4 is 0 Å². The van der Waals surface area contributed by atoms with Crippen molar-refractivity contribution < 1.29 is 135 Å². The van der Waals surface area contributed by atoms with Crippen molar-refractivity contribution in [2.75, 3.05) is 53.4 Å². The van der Waals surface area contributed by atoms with Crippen LogP contribution in [0.5, 0.6) is 0 Å². The van der Waals surface area contributed by atoms with Crippen molar-refractivity contribution in [2.24, 2.45) is 0 Å². The Hall–Kier alpha value is -9.57. The van der Waals surface area contributed by atoms with Gasteiger partial charge in [-0.15, -0.1) is 0 Å². The van der Waals surface area contributed by atoms with Crippen LogP contribution in [0.1, 0.15) is 26.2 Å². The number of carbonyl (C=O) groups excluding carboxylic acids is 2. The van der Waals surface area contributed by atoms with Crippen LogP contribution in [-0.2, 0) is 101 Å². The van der Waals surface area contributed by atoms with Crippen molar-refractivity contribution in [3.63, 3.8) is 0 Å². The van der Waals surface area contributed by atoms with Gasteiger partial charge in [0.15, 0.2) is 74.4 Å². The second-order valence-corrected chi connectivity index (χ2v) is 33.8. The molecule has 0 aliphatic carbocycles. The molecule has 0 spiro atoms. The van der Waals surface area contributed by atoms with Crippen molar-refractivity contribution in [1.29, 1.82) is 0 Å². The molecule has 9 aromatic carbocycles. The van der Waals surface area contributed by atoms with Gasteiger partial charge in [0.2, 0.25) is 0 Å². The van der Waals surface area contributed by atoms with Crippen LogP contribution >= 0.6 is 0 Å². The molecule has 0 saturated heterocycles. The molecule has 117 heavy (non-hydrogen) atoms. The van der Waals surface area contributed by atoms with Crippen molar-refractivity contribution in [2.45, 2.75) is 104 Å². The zero-order chi connectivity index (χ0) is 87.3. The maximum Gasteiger partial charge on any atom is 0.396 e. The molecule has 0 heterocycles. The van der Waals surface area contributed by atoms with Gasteiger partial charge in [-0.2, -0.15) is 52.7 Å². The molecular formula is C81H78F12O18S6. The summed E-state index contributed by atoms with van der Waals surface area (Å²) in [6.45, 7) is 5.95. The van der Waals surface area contributed by atoms with E-state index in [1.807, 2.05) is 0 Å². The highest BCUT2D eigenvalue weighted by Gasteiger charge is 2.63. The topological polar surface area (TPSA) is 289 Å². The Balaban J connectivity index is 0.000000295. The molecule has 9 aromatic rings. The minimum Gasteiger partial charge on any atom is -0.743 e. The third kappa shape index (κ3) is 31.0. The largest absolute Gasteiger partial charge is 0.743 e. The van der Waals surface area contributed by atoms with Crippen LogP contribution in [0, 0.1) is 0 Å². The molecule has 18 nitrogen and oxygen atoms in total. The Labute approximate surface area is 678 Å². The summed E-state index contributed by atoms with van der Waals surface area (Å²) in [5.41, 5.74) is -0.992. The van der Waals surface area contributed by atoms with E-state index < -0.39 is 146 Å². The Bertz CT molecular complexity index is 4340. The quantitative estimate of drug-likeness (QED) is 0.00979. The van der Waals surface area contributed by atoms with Crippen LogP contribution in [0.3, 0.4) is 0 Å². The predicted octanol–water partition coefficient (Wildman–Crippen LogP) is 17.3. The van der Waals surface area contributed by atoms with Crippen molar-refractivity contribution in [3.05, 3.63) is 309 Å². The number of aliphatic carboxylic acids is 1. The maximum absolute atomic E-state index is 13.0. The number of methoxy groups -OCH3 is 1. The SMILES string of the molecule is C=C(COCCC(F)(F)C(F)(F)S(=O)(=O)[O-])C(=O)O.C=C(COCCC(F)(F)C(F)(F)S(=O)(=O)[O-])C(=O)OC.C=C(COCCC(F)(F)C(F)(F)S(=O)(=O)[O-])C(=O)OCC.c1ccc([S+](c2ccccc2)c2ccccc2)cc1.c1ccc([S+](c2ccccc2)c2ccccc2)cc1.c1ccc([S+](c2ccccc2)c2ccccc2)cc1. The monoisotopic (exact) mass is 1760 g/mol. The second kappa shape index (κ2) is 47.1. The lowest BCUT2D eigenvalue weighted by Gasteiger charge is -2.28.